The third-order valence-electron chi connectivity index (χ3n) is 2.45. The molecule has 0 aliphatic carbocycles. The third-order valence-corrected chi connectivity index (χ3v) is 4.14. The molecule has 2 rings (SSSR count). The second-order valence-electron chi connectivity index (χ2n) is 3.88. The quantitative estimate of drug-likeness (QED) is 0.860. The van der Waals surface area contributed by atoms with Crippen LogP contribution in [0.25, 0.3) is 0 Å². The zero-order valence-corrected chi connectivity index (χ0v) is 10.6. The van der Waals surface area contributed by atoms with E-state index < -0.39 is 15.7 Å². The molecule has 0 amide bonds. The number of pyridine rings is 1. The molecule has 0 saturated carbocycles. The Labute approximate surface area is 110 Å². The number of nitriles is 1. The van der Waals surface area contributed by atoms with E-state index in [0.717, 1.165) is 6.07 Å². The molecule has 1 aromatic heterocycles. The van der Waals surface area contributed by atoms with Gasteiger partial charge in [-0.05, 0) is 35.9 Å². The van der Waals surface area contributed by atoms with Crippen LogP contribution in [0.5, 0.6) is 0 Å². The highest BCUT2D eigenvalue weighted by Crippen LogP contribution is 2.17. The third kappa shape index (κ3) is 3.14. The fourth-order valence-electron chi connectivity index (χ4n) is 1.59. The Hall–Kier alpha value is -2.26. The van der Waals surface area contributed by atoms with Gasteiger partial charge in [0.25, 0.3) is 0 Å². The van der Waals surface area contributed by atoms with Crippen molar-refractivity contribution in [3.05, 3.63) is 59.7 Å². The maximum absolute atomic E-state index is 13.0. The number of sulfone groups is 1. The van der Waals surface area contributed by atoms with Crippen LogP contribution in [0.15, 0.2) is 47.5 Å². The molecule has 0 atom stereocenters. The number of rotatable bonds is 3. The number of nitrogens with zero attached hydrogens (tertiary/aromatic N) is 2. The van der Waals surface area contributed by atoms with Gasteiger partial charge in [-0.25, -0.2) is 17.8 Å². The van der Waals surface area contributed by atoms with E-state index in [4.69, 9.17) is 5.26 Å². The lowest BCUT2D eigenvalue weighted by atomic mass is 10.2. The molecule has 0 unspecified atom stereocenters. The molecule has 0 aliphatic heterocycles. The SMILES string of the molecule is N#Cc1cc(CS(=O)(=O)c2cccc(F)c2)ccn1. The highest BCUT2D eigenvalue weighted by Gasteiger charge is 2.16. The van der Waals surface area contributed by atoms with Gasteiger partial charge in [0.05, 0.1) is 10.6 Å². The lowest BCUT2D eigenvalue weighted by Gasteiger charge is -2.04. The van der Waals surface area contributed by atoms with Crippen LogP contribution in [0.3, 0.4) is 0 Å². The first kappa shape index (κ1) is 13.2. The van der Waals surface area contributed by atoms with Crippen molar-refractivity contribution in [2.24, 2.45) is 0 Å². The Kier molecular flexibility index (Phi) is 3.58. The summed E-state index contributed by atoms with van der Waals surface area (Å²) in [6.45, 7) is 0. The highest BCUT2D eigenvalue weighted by atomic mass is 32.2. The van der Waals surface area contributed by atoms with E-state index in [2.05, 4.69) is 4.98 Å². The van der Waals surface area contributed by atoms with Crippen molar-refractivity contribution in [3.63, 3.8) is 0 Å². The summed E-state index contributed by atoms with van der Waals surface area (Å²) in [6, 6.07) is 9.58. The maximum atomic E-state index is 13.0. The Bertz CT molecular complexity index is 751. The van der Waals surface area contributed by atoms with E-state index in [1.807, 2.05) is 6.07 Å². The van der Waals surface area contributed by atoms with E-state index in [1.165, 1.54) is 36.5 Å². The lowest BCUT2D eigenvalue weighted by Crippen LogP contribution is -2.05. The molecule has 0 aliphatic rings. The molecule has 4 nitrogen and oxygen atoms in total. The van der Waals surface area contributed by atoms with Gasteiger partial charge < -0.3 is 0 Å². The molecular formula is C13H9FN2O2S. The fourth-order valence-corrected chi connectivity index (χ4v) is 2.95. The van der Waals surface area contributed by atoms with Crippen molar-refractivity contribution in [2.45, 2.75) is 10.6 Å². The smallest absolute Gasteiger partial charge is 0.182 e. The Morgan fingerprint density at radius 1 is 1.26 bits per heavy atom. The number of hydrogen-bond donors (Lipinski definition) is 0. The molecular weight excluding hydrogens is 267 g/mol. The van der Waals surface area contributed by atoms with Crippen molar-refractivity contribution in [3.8, 4) is 6.07 Å². The van der Waals surface area contributed by atoms with Crippen LogP contribution in [0, 0.1) is 17.1 Å². The molecule has 0 saturated heterocycles. The first-order chi connectivity index (χ1) is 9.01. The van der Waals surface area contributed by atoms with Gasteiger partial charge in [0.2, 0.25) is 0 Å². The van der Waals surface area contributed by atoms with Gasteiger partial charge >= 0.3 is 0 Å². The van der Waals surface area contributed by atoms with Crippen LogP contribution >= 0.6 is 0 Å². The molecule has 0 N–H and O–H groups in total. The first-order valence-electron chi connectivity index (χ1n) is 5.34. The molecule has 2 aromatic rings. The molecule has 96 valence electrons. The average molecular weight is 276 g/mol. The second-order valence-corrected chi connectivity index (χ2v) is 5.87. The molecule has 1 heterocycles. The van der Waals surface area contributed by atoms with Crippen LogP contribution < -0.4 is 0 Å². The first-order valence-corrected chi connectivity index (χ1v) is 7.00. The average Bonchev–Trinajstić information content (AvgIpc) is 2.38. The van der Waals surface area contributed by atoms with Crippen LogP contribution in [0.1, 0.15) is 11.3 Å². The Morgan fingerprint density at radius 3 is 2.74 bits per heavy atom. The number of hydrogen-bond acceptors (Lipinski definition) is 4. The minimum atomic E-state index is -3.64. The predicted octanol–water partition coefficient (Wildman–Crippen LogP) is 2.07. The zero-order chi connectivity index (χ0) is 13.9. The van der Waals surface area contributed by atoms with E-state index in [0.29, 0.717) is 5.56 Å². The van der Waals surface area contributed by atoms with E-state index >= 15 is 0 Å². The molecule has 0 spiro atoms. The summed E-state index contributed by atoms with van der Waals surface area (Å²) < 4.78 is 37.2. The van der Waals surface area contributed by atoms with E-state index in [-0.39, 0.29) is 16.3 Å². The van der Waals surface area contributed by atoms with Crippen molar-refractivity contribution < 1.29 is 12.8 Å². The lowest BCUT2D eigenvalue weighted by molar-refractivity contribution is 0.590. The van der Waals surface area contributed by atoms with Crippen molar-refractivity contribution in [1.29, 1.82) is 5.26 Å². The summed E-state index contributed by atoms with van der Waals surface area (Å²) >= 11 is 0. The highest BCUT2D eigenvalue weighted by molar-refractivity contribution is 7.90. The zero-order valence-electron chi connectivity index (χ0n) is 9.75. The van der Waals surface area contributed by atoms with E-state index in [1.54, 1.807) is 0 Å². The minimum Gasteiger partial charge on any atom is -0.246 e. The van der Waals surface area contributed by atoms with Crippen LogP contribution in [0.2, 0.25) is 0 Å². The maximum Gasteiger partial charge on any atom is 0.182 e. The van der Waals surface area contributed by atoms with Gasteiger partial charge in [-0.1, -0.05) is 6.07 Å². The molecule has 0 radical (unpaired) electrons. The van der Waals surface area contributed by atoms with Crippen molar-refractivity contribution in [2.75, 3.05) is 0 Å². The van der Waals surface area contributed by atoms with Gasteiger partial charge in [-0.3, -0.25) is 0 Å². The van der Waals surface area contributed by atoms with Crippen LogP contribution in [-0.4, -0.2) is 13.4 Å². The van der Waals surface area contributed by atoms with Crippen LogP contribution in [-0.2, 0) is 15.6 Å². The second kappa shape index (κ2) is 5.16. The van der Waals surface area contributed by atoms with Crippen molar-refractivity contribution in [1.82, 2.24) is 4.98 Å². The van der Waals surface area contributed by atoms with Crippen molar-refractivity contribution >= 4 is 9.84 Å². The topological polar surface area (TPSA) is 70.8 Å². The predicted molar refractivity (Wildman–Crippen MR) is 66.2 cm³/mol. The Balaban J connectivity index is 2.34. The van der Waals surface area contributed by atoms with Gasteiger partial charge in [0.15, 0.2) is 9.84 Å². The minimum absolute atomic E-state index is 0.0807. The molecule has 1 aromatic carbocycles. The van der Waals surface area contributed by atoms with E-state index in [9.17, 15) is 12.8 Å². The summed E-state index contributed by atoms with van der Waals surface area (Å²) in [5.41, 5.74) is 0.586. The standard InChI is InChI=1S/C13H9FN2O2S/c14-11-2-1-3-13(7-11)19(17,18)9-10-4-5-16-12(6-10)8-15/h1-7H,9H2. The Morgan fingerprint density at radius 2 is 2.05 bits per heavy atom. The molecule has 19 heavy (non-hydrogen) atoms. The monoisotopic (exact) mass is 276 g/mol. The number of benzene rings is 1. The van der Waals surface area contributed by atoms with Gasteiger partial charge in [0.1, 0.15) is 17.6 Å². The number of aromatic nitrogens is 1. The van der Waals surface area contributed by atoms with Gasteiger partial charge in [-0.15, -0.1) is 0 Å². The fraction of sp³-hybridized carbons (Fsp3) is 0.0769. The molecule has 6 heteroatoms. The molecule has 0 bridgehead atoms. The summed E-state index contributed by atoms with van der Waals surface area (Å²) in [5.74, 6) is -0.901. The van der Waals surface area contributed by atoms with Gasteiger partial charge in [0, 0.05) is 6.20 Å². The molecule has 0 fully saturated rings. The normalized spacial score (nSPS) is 10.9. The number of halogens is 1. The van der Waals surface area contributed by atoms with Crippen LogP contribution in [0.4, 0.5) is 4.39 Å². The largest absolute Gasteiger partial charge is 0.246 e. The van der Waals surface area contributed by atoms with Gasteiger partial charge in [-0.2, -0.15) is 5.26 Å². The summed E-state index contributed by atoms with van der Waals surface area (Å²) in [5, 5.41) is 8.70. The summed E-state index contributed by atoms with van der Waals surface area (Å²) in [4.78, 5) is 3.68. The summed E-state index contributed by atoms with van der Waals surface area (Å²) in [6.07, 6.45) is 1.37. The summed E-state index contributed by atoms with van der Waals surface area (Å²) in [7, 11) is -3.64.